The van der Waals surface area contributed by atoms with Crippen LogP contribution >= 0.6 is 70.4 Å². The van der Waals surface area contributed by atoms with E-state index in [2.05, 4.69) is 75.4 Å². The van der Waals surface area contributed by atoms with Gasteiger partial charge in [0.1, 0.15) is 18.2 Å². The predicted octanol–water partition coefficient (Wildman–Crippen LogP) is 7.64. The lowest BCUT2D eigenvalue weighted by Crippen LogP contribution is -2.05. The van der Waals surface area contributed by atoms with Gasteiger partial charge in [-0.1, -0.05) is 18.2 Å². The van der Waals surface area contributed by atoms with E-state index in [4.69, 9.17) is 9.47 Å². The molecule has 0 N–H and O–H groups in total. The molecule has 0 unspecified atom stereocenters. The van der Waals surface area contributed by atoms with Crippen LogP contribution in [0.1, 0.15) is 16.7 Å². The summed E-state index contributed by atoms with van der Waals surface area (Å²) in [6, 6.07) is 15.6. The van der Waals surface area contributed by atoms with Crippen LogP contribution in [0, 0.1) is 9.39 Å². The van der Waals surface area contributed by atoms with E-state index in [9.17, 15) is 9.18 Å². The third kappa shape index (κ3) is 5.32. The van der Waals surface area contributed by atoms with Crippen molar-refractivity contribution in [3.63, 3.8) is 0 Å². The first-order valence-electron chi connectivity index (χ1n) is 9.15. The standard InChI is InChI=1S/C23H12Br3FINO3/c24-15-10-13(5-6-19(15)28)22-29-20(23(30)32-22)9-12-7-16(25)21(17(26)8-12)31-11-14-3-1-2-4-18(14)27/h1-10H,11H2/b20-9-. The van der Waals surface area contributed by atoms with E-state index in [0.29, 0.717) is 31.4 Å². The van der Waals surface area contributed by atoms with E-state index >= 15 is 0 Å². The molecule has 0 atom stereocenters. The first-order chi connectivity index (χ1) is 15.3. The van der Waals surface area contributed by atoms with E-state index in [-0.39, 0.29) is 24.0 Å². The van der Waals surface area contributed by atoms with Crippen molar-refractivity contribution in [3.05, 3.63) is 99.8 Å². The van der Waals surface area contributed by atoms with Gasteiger partial charge >= 0.3 is 5.97 Å². The van der Waals surface area contributed by atoms with Crippen LogP contribution in [0.3, 0.4) is 0 Å². The van der Waals surface area contributed by atoms with Crippen LogP contribution in [-0.4, -0.2) is 11.9 Å². The largest absolute Gasteiger partial charge is 0.486 e. The molecule has 0 fully saturated rings. The number of hydrogen-bond donors (Lipinski definition) is 0. The highest BCUT2D eigenvalue weighted by atomic mass is 127. The van der Waals surface area contributed by atoms with Gasteiger partial charge in [0, 0.05) is 19.2 Å². The van der Waals surface area contributed by atoms with Gasteiger partial charge in [0.05, 0.1) is 8.95 Å². The zero-order valence-electron chi connectivity index (χ0n) is 16.0. The molecule has 1 aliphatic rings. The summed E-state index contributed by atoms with van der Waals surface area (Å²) in [5.74, 6) is -0.0740. The van der Waals surface area contributed by atoms with Gasteiger partial charge in [0.15, 0.2) is 5.70 Å². The summed E-state index contributed by atoms with van der Waals surface area (Å²) in [6.07, 6.45) is 1.63. The van der Waals surface area contributed by atoms with Crippen LogP contribution in [0.5, 0.6) is 5.75 Å². The Morgan fingerprint density at radius 1 is 1.03 bits per heavy atom. The Bertz CT molecular complexity index is 1270. The molecule has 3 aromatic rings. The van der Waals surface area contributed by atoms with E-state index in [1.807, 2.05) is 18.2 Å². The van der Waals surface area contributed by atoms with Crippen molar-refractivity contribution in [1.82, 2.24) is 0 Å². The van der Waals surface area contributed by atoms with Gasteiger partial charge in [0.2, 0.25) is 5.90 Å². The van der Waals surface area contributed by atoms with E-state index in [1.54, 1.807) is 36.4 Å². The molecule has 0 aromatic heterocycles. The van der Waals surface area contributed by atoms with E-state index < -0.39 is 5.97 Å². The van der Waals surface area contributed by atoms with Gasteiger partial charge in [-0.05, 0) is 118 Å². The summed E-state index contributed by atoms with van der Waals surface area (Å²) in [5, 5.41) is 0. The molecule has 162 valence electrons. The van der Waals surface area contributed by atoms with Crippen molar-refractivity contribution in [1.29, 1.82) is 0 Å². The van der Waals surface area contributed by atoms with Crippen molar-refractivity contribution in [2.75, 3.05) is 0 Å². The number of cyclic esters (lactones) is 1. The summed E-state index contributed by atoms with van der Waals surface area (Å²) >= 11 is 12.6. The molecule has 3 aromatic carbocycles. The van der Waals surface area contributed by atoms with Crippen molar-refractivity contribution >= 4 is 88.3 Å². The maximum absolute atomic E-state index is 13.8. The molecule has 4 nitrogen and oxygen atoms in total. The van der Waals surface area contributed by atoms with Crippen LogP contribution in [0.2, 0.25) is 0 Å². The Hall–Kier alpha value is -1.56. The molecule has 9 heteroatoms. The SMILES string of the molecule is O=C1OC(c2ccc(I)c(Br)c2)=N/C1=C\c1cc(Br)c(OCc2ccccc2F)c(Br)c1. The van der Waals surface area contributed by atoms with E-state index in [1.165, 1.54) is 6.07 Å². The monoisotopic (exact) mass is 733 g/mol. The first-order valence-corrected chi connectivity index (χ1v) is 12.6. The van der Waals surface area contributed by atoms with Crippen molar-refractivity contribution in [2.45, 2.75) is 6.61 Å². The molecule has 0 spiro atoms. The second kappa shape index (κ2) is 10.1. The fourth-order valence-electron chi connectivity index (χ4n) is 2.89. The minimum Gasteiger partial charge on any atom is -0.486 e. The number of esters is 1. The molecule has 0 saturated carbocycles. The molecule has 1 heterocycles. The third-order valence-electron chi connectivity index (χ3n) is 4.44. The highest BCUT2D eigenvalue weighted by Gasteiger charge is 2.25. The lowest BCUT2D eigenvalue weighted by molar-refractivity contribution is -0.129. The Balaban J connectivity index is 1.57. The van der Waals surface area contributed by atoms with Gasteiger partial charge in [-0.15, -0.1) is 0 Å². The van der Waals surface area contributed by atoms with Crippen LogP contribution in [0.15, 0.2) is 78.7 Å². The highest BCUT2D eigenvalue weighted by Crippen LogP contribution is 2.36. The van der Waals surface area contributed by atoms with Crippen molar-refractivity contribution < 1.29 is 18.7 Å². The summed E-state index contributed by atoms with van der Waals surface area (Å²) in [4.78, 5) is 16.7. The highest BCUT2D eigenvalue weighted by molar-refractivity contribution is 14.1. The number of carbonyl (C=O) groups is 1. The quantitative estimate of drug-likeness (QED) is 0.154. The molecule has 0 bridgehead atoms. The van der Waals surface area contributed by atoms with Crippen molar-refractivity contribution in [3.8, 4) is 5.75 Å². The number of aliphatic imine (C=N–C) groups is 1. The summed E-state index contributed by atoms with van der Waals surface area (Å²) in [6.45, 7) is 0.0792. The lowest BCUT2D eigenvalue weighted by Gasteiger charge is -2.12. The number of rotatable bonds is 5. The number of hydrogen-bond acceptors (Lipinski definition) is 4. The number of carbonyl (C=O) groups excluding carboxylic acids is 1. The number of nitrogens with zero attached hydrogens (tertiary/aromatic N) is 1. The number of ether oxygens (including phenoxy) is 2. The number of benzene rings is 3. The minimum absolute atomic E-state index is 0.0792. The third-order valence-corrected chi connectivity index (χ3v) is 7.96. The molecule has 0 radical (unpaired) electrons. The predicted molar refractivity (Wildman–Crippen MR) is 140 cm³/mol. The molecule has 0 aliphatic carbocycles. The zero-order valence-corrected chi connectivity index (χ0v) is 23.0. The summed E-state index contributed by atoms with van der Waals surface area (Å²) < 4.78 is 28.2. The van der Waals surface area contributed by atoms with Crippen molar-refractivity contribution in [2.24, 2.45) is 4.99 Å². The van der Waals surface area contributed by atoms with Crippen LogP contribution in [0.25, 0.3) is 6.08 Å². The van der Waals surface area contributed by atoms with Crippen LogP contribution in [0.4, 0.5) is 4.39 Å². The molecule has 1 aliphatic heterocycles. The fraction of sp³-hybridized carbons (Fsp3) is 0.0435. The molecule has 4 rings (SSSR count). The van der Waals surface area contributed by atoms with Gasteiger partial charge in [0.25, 0.3) is 0 Å². The maximum Gasteiger partial charge on any atom is 0.363 e. The Morgan fingerprint density at radius 2 is 1.75 bits per heavy atom. The Labute approximate surface area is 222 Å². The lowest BCUT2D eigenvalue weighted by atomic mass is 10.2. The average molecular weight is 736 g/mol. The topological polar surface area (TPSA) is 47.9 Å². The fourth-order valence-corrected chi connectivity index (χ4v) is 5.05. The smallest absolute Gasteiger partial charge is 0.363 e. The van der Waals surface area contributed by atoms with E-state index in [0.717, 1.165) is 8.04 Å². The molecule has 32 heavy (non-hydrogen) atoms. The van der Waals surface area contributed by atoms with Gasteiger partial charge in [-0.25, -0.2) is 14.2 Å². The van der Waals surface area contributed by atoms with Gasteiger partial charge in [-0.3, -0.25) is 0 Å². The Morgan fingerprint density at radius 3 is 2.44 bits per heavy atom. The zero-order chi connectivity index (χ0) is 22.8. The first kappa shape index (κ1) is 23.6. The second-order valence-corrected chi connectivity index (χ2v) is 10.4. The normalized spacial score (nSPS) is 14.5. The van der Waals surface area contributed by atoms with Crippen LogP contribution in [-0.2, 0) is 16.1 Å². The van der Waals surface area contributed by atoms with Gasteiger partial charge < -0.3 is 9.47 Å². The molecular weight excluding hydrogens is 724 g/mol. The molecule has 0 saturated heterocycles. The average Bonchev–Trinajstić information content (AvgIpc) is 3.11. The second-order valence-electron chi connectivity index (χ2n) is 6.66. The molecular formula is C23H12Br3FINO3. The Kier molecular flexibility index (Phi) is 7.48. The molecule has 0 amide bonds. The summed E-state index contributed by atoms with van der Waals surface area (Å²) in [7, 11) is 0. The summed E-state index contributed by atoms with van der Waals surface area (Å²) in [5.41, 5.74) is 2.06. The minimum atomic E-state index is -0.526. The number of halogens is 5. The maximum atomic E-state index is 13.8. The van der Waals surface area contributed by atoms with Crippen LogP contribution < -0.4 is 4.74 Å². The van der Waals surface area contributed by atoms with Gasteiger partial charge in [-0.2, -0.15) is 0 Å².